The van der Waals surface area contributed by atoms with Crippen LogP contribution in [0.15, 0.2) is 28.8 Å². The van der Waals surface area contributed by atoms with Crippen LogP contribution in [-0.2, 0) is 16.1 Å². The Morgan fingerprint density at radius 1 is 1.43 bits per heavy atom. The van der Waals surface area contributed by atoms with Crippen LogP contribution in [0.4, 0.5) is 0 Å². The molecule has 0 aliphatic rings. The van der Waals surface area contributed by atoms with E-state index in [2.05, 4.69) is 15.5 Å². The van der Waals surface area contributed by atoms with Gasteiger partial charge in [-0.15, -0.1) is 0 Å². The molecule has 0 bridgehead atoms. The highest BCUT2D eigenvalue weighted by Gasteiger charge is 2.11. The molecule has 0 radical (unpaired) electrons. The predicted molar refractivity (Wildman–Crippen MR) is 77.7 cm³/mol. The van der Waals surface area contributed by atoms with Crippen LogP contribution in [0.2, 0.25) is 5.02 Å². The van der Waals surface area contributed by atoms with E-state index in [1.165, 1.54) is 0 Å². The zero-order chi connectivity index (χ0) is 15.1. The molecule has 2 aromatic rings. The number of rotatable bonds is 7. The van der Waals surface area contributed by atoms with E-state index >= 15 is 0 Å². The molecule has 21 heavy (non-hydrogen) atoms. The second kappa shape index (κ2) is 7.75. The van der Waals surface area contributed by atoms with Gasteiger partial charge in [-0.05, 0) is 19.1 Å². The van der Waals surface area contributed by atoms with E-state index in [0.717, 1.165) is 5.56 Å². The molecule has 0 amide bonds. The lowest BCUT2D eigenvalue weighted by Crippen LogP contribution is -2.19. The Hall–Kier alpha value is -1.92. The number of hydrogen-bond donors (Lipinski definition) is 1. The Labute approximate surface area is 127 Å². The van der Waals surface area contributed by atoms with E-state index in [4.69, 9.17) is 20.9 Å². The highest BCUT2D eigenvalue weighted by Crippen LogP contribution is 2.24. The maximum absolute atomic E-state index is 11.2. The fourth-order valence-corrected chi connectivity index (χ4v) is 1.92. The van der Waals surface area contributed by atoms with Crippen LogP contribution in [0.25, 0.3) is 11.4 Å². The molecule has 0 aliphatic carbocycles. The molecule has 7 heteroatoms. The number of nitrogens with zero attached hydrogens (tertiary/aromatic N) is 2. The smallest absolute Gasteiger partial charge is 0.307 e. The summed E-state index contributed by atoms with van der Waals surface area (Å²) in [5, 5.41) is 7.50. The Morgan fingerprint density at radius 3 is 3.00 bits per heavy atom. The molecular formula is C14H16ClN3O3. The third-order valence-corrected chi connectivity index (χ3v) is 3.00. The topological polar surface area (TPSA) is 77.2 Å². The SMILES string of the molecule is CCOC(=O)CCNCc1nc(-c2ccccc2Cl)no1. The summed E-state index contributed by atoms with van der Waals surface area (Å²) in [6.07, 6.45) is 0.305. The van der Waals surface area contributed by atoms with E-state index in [-0.39, 0.29) is 5.97 Å². The van der Waals surface area contributed by atoms with Crippen LogP contribution in [0.1, 0.15) is 19.2 Å². The van der Waals surface area contributed by atoms with Gasteiger partial charge in [-0.1, -0.05) is 28.9 Å². The Kier molecular flexibility index (Phi) is 5.71. The maximum Gasteiger partial charge on any atom is 0.307 e. The zero-order valence-electron chi connectivity index (χ0n) is 11.6. The first-order valence-corrected chi connectivity index (χ1v) is 7.02. The van der Waals surface area contributed by atoms with E-state index in [1.807, 2.05) is 18.2 Å². The number of carbonyl (C=O) groups excluding carboxylic acids is 1. The lowest BCUT2D eigenvalue weighted by molar-refractivity contribution is -0.142. The minimum Gasteiger partial charge on any atom is -0.466 e. The van der Waals surface area contributed by atoms with Crippen molar-refractivity contribution in [1.82, 2.24) is 15.5 Å². The van der Waals surface area contributed by atoms with Gasteiger partial charge in [-0.2, -0.15) is 4.98 Å². The molecule has 0 aliphatic heterocycles. The largest absolute Gasteiger partial charge is 0.466 e. The Balaban J connectivity index is 1.84. The summed E-state index contributed by atoms with van der Waals surface area (Å²) in [5.74, 6) is 0.656. The molecule has 0 unspecified atom stereocenters. The molecule has 1 aromatic carbocycles. The minimum atomic E-state index is -0.229. The van der Waals surface area contributed by atoms with Crippen LogP contribution < -0.4 is 5.32 Å². The second-order valence-corrected chi connectivity index (χ2v) is 4.63. The summed E-state index contributed by atoms with van der Waals surface area (Å²) < 4.78 is 9.95. The molecule has 0 saturated carbocycles. The standard InChI is InChI=1S/C14H16ClN3O3/c1-2-20-13(19)7-8-16-9-12-17-14(18-21-12)10-5-3-4-6-11(10)15/h3-6,16H,2,7-9H2,1H3. The third kappa shape index (κ3) is 4.54. The van der Waals surface area contributed by atoms with Crippen LogP contribution in [0.5, 0.6) is 0 Å². The molecule has 1 aromatic heterocycles. The number of ether oxygens (including phenoxy) is 1. The Morgan fingerprint density at radius 2 is 2.24 bits per heavy atom. The van der Waals surface area contributed by atoms with Gasteiger partial charge < -0.3 is 14.6 Å². The lowest BCUT2D eigenvalue weighted by Gasteiger charge is -2.01. The van der Waals surface area contributed by atoms with Crippen molar-refractivity contribution < 1.29 is 14.1 Å². The van der Waals surface area contributed by atoms with E-state index < -0.39 is 0 Å². The highest BCUT2D eigenvalue weighted by atomic mass is 35.5. The molecule has 0 fully saturated rings. The average molecular weight is 310 g/mol. The third-order valence-electron chi connectivity index (χ3n) is 2.67. The van der Waals surface area contributed by atoms with E-state index in [1.54, 1.807) is 13.0 Å². The molecule has 0 atom stereocenters. The molecule has 112 valence electrons. The normalized spacial score (nSPS) is 10.6. The summed E-state index contributed by atoms with van der Waals surface area (Å²) in [6, 6.07) is 7.29. The van der Waals surface area contributed by atoms with Crippen molar-refractivity contribution in [2.75, 3.05) is 13.2 Å². The maximum atomic E-state index is 11.2. The lowest BCUT2D eigenvalue weighted by atomic mass is 10.2. The molecule has 0 spiro atoms. The van der Waals surface area contributed by atoms with Gasteiger partial charge in [0, 0.05) is 12.1 Å². The number of esters is 1. The number of carbonyl (C=O) groups is 1. The molecular weight excluding hydrogens is 294 g/mol. The first-order chi connectivity index (χ1) is 10.2. The summed E-state index contributed by atoms with van der Waals surface area (Å²) in [5.41, 5.74) is 0.723. The van der Waals surface area contributed by atoms with Crippen LogP contribution in [-0.4, -0.2) is 29.3 Å². The van der Waals surface area contributed by atoms with Gasteiger partial charge in [0.1, 0.15) is 0 Å². The van der Waals surface area contributed by atoms with Crippen molar-refractivity contribution in [3.05, 3.63) is 35.2 Å². The molecule has 6 nitrogen and oxygen atoms in total. The quantitative estimate of drug-likeness (QED) is 0.625. The first-order valence-electron chi connectivity index (χ1n) is 6.64. The number of halogens is 1. The molecule has 2 rings (SSSR count). The number of nitrogens with one attached hydrogen (secondary N) is 1. The summed E-state index contributed by atoms with van der Waals surface area (Å²) in [4.78, 5) is 15.4. The summed E-state index contributed by atoms with van der Waals surface area (Å²) in [7, 11) is 0. The van der Waals surface area contributed by atoms with Gasteiger partial charge in [0.15, 0.2) is 0 Å². The van der Waals surface area contributed by atoms with Crippen molar-refractivity contribution in [1.29, 1.82) is 0 Å². The van der Waals surface area contributed by atoms with Crippen molar-refractivity contribution >= 4 is 17.6 Å². The van der Waals surface area contributed by atoms with Crippen molar-refractivity contribution in [2.45, 2.75) is 19.9 Å². The Bertz CT molecular complexity index is 601. The second-order valence-electron chi connectivity index (χ2n) is 4.22. The zero-order valence-corrected chi connectivity index (χ0v) is 12.4. The summed E-state index contributed by atoms with van der Waals surface area (Å²) >= 11 is 6.07. The van der Waals surface area contributed by atoms with Crippen molar-refractivity contribution in [2.24, 2.45) is 0 Å². The number of benzene rings is 1. The van der Waals surface area contributed by atoms with E-state index in [9.17, 15) is 4.79 Å². The molecule has 1 N–H and O–H groups in total. The van der Waals surface area contributed by atoms with Gasteiger partial charge in [-0.25, -0.2) is 0 Å². The van der Waals surface area contributed by atoms with E-state index in [0.29, 0.717) is 42.9 Å². The number of aromatic nitrogens is 2. The van der Waals surface area contributed by atoms with Crippen LogP contribution in [0.3, 0.4) is 0 Å². The van der Waals surface area contributed by atoms with Crippen LogP contribution >= 0.6 is 11.6 Å². The van der Waals surface area contributed by atoms with Gasteiger partial charge in [-0.3, -0.25) is 4.79 Å². The summed E-state index contributed by atoms with van der Waals surface area (Å²) in [6.45, 7) is 3.04. The minimum absolute atomic E-state index is 0.229. The average Bonchev–Trinajstić information content (AvgIpc) is 2.93. The highest BCUT2D eigenvalue weighted by molar-refractivity contribution is 6.33. The van der Waals surface area contributed by atoms with Gasteiger partial charge >= 0.3 is 5.97 Å². The predicted octanol–water partition coefficient (Wildman–Crippen LogP) is 2.43. The monoisotopic (exact) mass is 309 g/mol. The van der Waals surface area contributed by atoms with Crippen molar-refractivity contribution in [3.8, 4) is 11.4 Å². The fourth-order valence-electron chi connectivity index (χ4n) is 1.70. The first kappa shape index (κ1) is 15.5. The van der Waals surface area contributed by atoms with Gasteiger partial charge in [0.2, 0.25) is 11.7 Å². The van der Waals surface area contributed by atoms with Crippen molar-refractivity contribution in [3.63, 3.8) is 0 Å². The molecule has 0 saturated heterocycles. The fraction of sp³-hybridized carbons (Fsp3) is 0.357. The van der Waals surface area contributed by atoms with Gasteiger partial charge in [0.05, 0.1) is 24.6 Å². The molecule has 1 heterocycles. The van der Waals surface area contributed by atoms with Crippen LogP contribution in [0, 0.1) is 0 Å². The number of hydrogen-bond acceptors (Lipinski definition) is 6. The van der Waals surface area contributed by atoms with Gasteiger partial charge in [0.25, 0.3) is 0 Å².